The minimum Gasteiger partial charge on any atom is -0.464 e. The Morgan fingerprint density at radius 1 is 1.48 bits per heavy atom. The lowest BCUT2D eigenvalue weighted by molar-refractivity contribution is -0.173. The highest BCUT2D eigenvalue weighted by Gasteiger charge is 2.47. The molecule has 10 heteroatoms. The number of anilines is 1. The van der Waals surface area contributed by atoms with Crippen LogP contribution in [0.25, 0.3) is 0 Å². The molecule has 0 bridgehead atoms. The van der Waals surface area contributed by atoms with Gasteiger partial charge in [0, 0.05) is 31.3 Å². The molecule has 0 fully saturated rings. The first-order chi connectivity index (χ1) is 10.8. The number of nitrogens with zero attached hydrogens (tertiary/aromatic N) is 4. The zero-order chi connectivity index (χ0) is 16.8. The van der Waals surface area contributed by atoms with Crippen LogP contribution in [-0.2, 0) is 11.8 Å². The van der Waals surface area contributed by atoms with Crippen LogP contribution in [0.1, 0.15) is 34.6 Å². The highest BCUT2D eigenvalue weighted by Crippen LogP contribution is 2.43. The smallest absolute Gasteiger partial charge is 0.410 e. The quantitative estimate of drug-likeness (QED) is 0.854. The molecule has 3 heterocycles. The number of esters is 1. The van der Waals surface area contributed by atoms with Crippen molar-refractivity contribution in [3.63, 3.8) is 0 Å². The Labute approximate surface area is 129 Å². The van der Waals surface area contributed by atoms with Crippen molar-refractivity contribution in [1.29, 1.82) is 0 Å². The van der Waals surface area contributed by atoms with E-state index in [9.17, 15) is 18.0 Å². The summed E-state index contributed by atoms with van der Waals surface area (Å²) >= 11 is 0. The number of methoxy groups -OCH3 is 1. The lowest BCUT2D eigenvalue weighted by Gasteiger charge is -2.32. The van der Waals surface area contributed by atoms with E-state index in [1.54, 1.807) is 13.2 Å². The fourth-order valence-corrected chi connectivity index (χ4v) is 2.62. The number of halogens is 3. The number of hydrogen-bond donors (Lipinski definition) is 1. The Hall–Kier alpha value is -2.52. The van der Waals surface area contributed by atoms with Gasteiger partial charge in [-0.25, -0.2) is 9.48 Å². The molecule has 0 aromatic carbocycles. The van der Waals surface area contributed by atoms with Gasteiger partial charge in [0.1, 0.15) is 5.82 Å². The van der Waals surface area contributed by atoms with E-state index < -0.39 is 24.2 Å². The molecule has 0 aliphatic carbocycles. The van der Waals surface area contributed by atoms with Crippen molar-refractivity contribution in [2.24, 2.45) is 7.05 Å². The molecule has 0 radical (unpaired) electrons. The van der Waals surface area contributed by atoms with Gasteiger partial charge in [0.2, 0.25) is 0 Å². The maximum atomic E-state index is 13.4. The average molecular weight is 329 g/mol. The van der Waals surface area contributed by atoms with E-state index in [1.807, 2.05) is 0 Å². The fraction of sp³-hybridized carbons (Fsp3) is 0.462. The number of carbonyl (C=O) groups is 1. The molecular weight excluding hydrogens is 315 g/mol. The predicted octanol–water partition coefficient (Wildman–Crippen LogP) is 2.06. The van der Waals surface area contributed by atoms with E-state index in [0.717, 1.165) is 11.8 Å². The SMILES string of the molecule is COC(=O)c1cc2n(n1)[C@@H](C(F)(F)F)C[C@@H](c1cnn(C)c1)N2. The van der Waals surface area contributed by atoms with E-state index >= 15 is 0 Å². The molecule has 0 unspecified atom stereocenters. The van der Waals surface area contributed by atoms with Gasteiger partial charge in [-0.15, -0.1) is 0 Å². The second kappa shape index (κ2) is 5.28. The number of aryl methyl sites for hydroxylation is 1. The number of nitrogens with one attached hydrogen (secondary N) is 1. The van der Waals surface area contributed by atoms with Crippen LogP contribution >= 0.6 is 0 Å². The first-order valence-corrected chi connectivity index (χ1v) is 6.79. The van der Waals surface area contributed by atoms with E-state index in [2.05, 4.69) is 20.3 Å². The summed E-state index contributed by atoms with van der Waals surface area (Å²) in [5.41, 5.74) is 0.463. The molecule has 2 aromatic rings. The zero-order valence-corrected chi connectivity index (χ0v) is 12.3. The molecule has 0 spiro atoms. The lowest BCUT2D eigenvalue weighted by Crippen LogP contribution is -2.35. The van der Waals surface area contributed by atoms with Crippen LogP contribution in [0.2, 0.25) is 0 Å². The predicted molar refractivity (Wildman–Crippen MR) is 72.8 cm³/mol. The first kappa shape index (κ1) is 15.4. The van der Waals surface area contributed by atoms with Crippen LogP contribution in [0.3, 0.4) is 0 Å². The van der Waals surface area contributed by atoms with E-state index in [0.29, 0.717) is 5.56 Å². The van der Waals surface area contributed by atoms with Gasteiger partial charge in [-0.2, -0.15) is 23.4 Å². The molecule has 0 saturated heterocycles. The molecule has 1 aliphatic heterocycles. The number of aromatic nitrogens is 4. The summed E-state index contributed by atoms with van der Waals surface area (Å²) in [7, 11) is 2.83. The third-order valence-corrected chi connectivity index (χ3v) is 3.71. The van der Waals surface area contributed by atoms with E-state index in [-0.39, 0.29) is 17.9 Å². The molecule has 0 amide bonds. The minimum atomic E-state index is -4.49. The first-order valence-electron chi connectivity index (χ1n) is 6.79. The Morgan fingerprint density at radius 2 is 2.22 bits per heavy atom. The van der Waals surface area contributed by atoms with Crippen molar-refractivity contribution in [1.82, 2.24) is 19.6 Å². The normalized spacial score (nSPS) is 20.7. The Balaban J connectivity index is 2.01. The Bertz CT molecular complexity index is 736. The van der Waals surface area contributed by atoms with Gasteiger partial charge in [0.15, 0.2) is 11.7 Å². The van der Waals surface area contributed by atoms with Crippen molar-refractivity contribution in [3.8, 4) is 0 Å². The molecule has 1 N–H and O–H groups in total. The molecule has 3 rings (SSSR count). The summed E-state index contributed by atoms with van der Waals surface area (Å²) in [6.07, 6.45) is -1.57. The van der Waals surface area contributed by atoms with Crippen molar-refractivity contribution < 1.29 is 22.7 Å². The van der Waals surface area contributed by atoms with Crippen molar-refractivity contribution in [2.45, 2.75) is 24.7 Å². The number of carbonyl (C=O) groups excluding carboxylic acids is 1. The molecular formula is C13H14F3N5O2. The zero-order valence-electron chi connectivity index (χ0n) is 12.3. The second-order valence-electron chi connectivity index (χ2n) is 5.29. The van der Waals surface area contributed by atoms with Crippen LogP contribution in [0, 0.1) is 0 Å². The van der Waals surface area contributed by atoms with E-state index in [4.69, 9.17) is 0 Å². The minimum absolute atomic E-state index is 0.118. The Morgan fingerprint density at radius 3 is 2.78 bits per heavy atom. The summed E-state index contributed by atoms with van der Waals surface area (Å²) in [4.78, 5) is 11.5. The van der Waals surface area contributed by atoms with Crippen LogP contribution in [-0.4, -0.2) is 38.8 Å². The van der Waals surface area contributed by atoms with Gasteiger partial charge in [0.25, 0.3) is 0 Å². The van der Waals surface area contributed by atoms with Gasteiger partial charge < -0.3 is 10.1 Å². The van der Waals surface area contributed by atoms with Gasteiger partial charge in [-0.3, -0.25) is 4.68 Å². The van der Waals surface area contributed by atoms with Crippen molar-refractivity contribution in [2.75, 3.05) is 12.4 Å². The highest BCUT2D eigenvalue weighted by molar-refractivity contribution is 5.88. The van der Waals surface area contributed by atoms with Gasteiger partial charge in [-0.1, -0.05) is 0 Å². The molecule has 124 valence electrons. The molecule has 7 nitrogen and oxygen atoms in total. The van der Waals surface area contributed by atoms with Crippen LogP contribution < -0.4 is 5.32 Å². The van der Waals surface area contributed by atoms with Crippen LogP contribution in [0.4, 0.5) is 19.0 Å². The third-order valence-electron chi connectivity index (χ3n) is 3.71. The van der Waals surface area contributed by atoms with Crippen LogP contribution in [0.5, 0.6) is 0 Å². The topological polar surface area (TPSA) is 74.0 Å². The lowest BCUT2D eigenvalue weighted by atomic mass is 9.99. The van der Waals surface area contributed by atoms with Crippen molar-refractivity contribution in [3.05, 3.63) is 29.7 Å². The summed E-state index contributed by atoms with van der Waals surface area (Å²) in [5, 5.41) is 10.7. The standard InChI is InChI=1S/C13H14F3N5O2/c1-20-6-7(5-17-20)8-3-10(13(14,15)16)21-11(18-8)4-9(19-21)12(22)23-2/h4-6,8,10,18H,3H2,1-2H3/t8-,10+/m0/s1. The fourth-order valence-electron chi connectivity index (χ4n) is 2.62. The van der Waals surface area contributed by atoms with Crippen LogP contribution in [0.15, 0.2) is 18.5 Å². The number of hydrogen-bond acceptors (Lipinski definition) is 5. The number of ether oxygens (including phenoxy) is 1. The number of fused-ring (bicyclic) bond motifs is 1. The number of alkyl halides is 3. The highest BCUT2D eigenvalue weighted by atomic mass is 19.4. The van der Waals surface area contributed by atoms with Crippen molar-refractivity contribution >= 4 is 11.8 Å². The summed E-state index contributed by atoms with van der Waals surface area (Å²) in [6, 6.07) is -1.15. The average Bonchev–Trinajstić information content (AvgIpc) is 3.09. The summed E-state index contributed by atoms with van der Waals surface area (Å²) in [5.74, 6) is -0.666. The van der Waals surface area contributed by atoms with E-state index in [1.165, 1.54) is 16.9 Å². The molecule has 23 heavy (non-hydrogen) atoms. The maximum absolute atomic E-state index is 13.4. The monoisotopic (exact) mass is 329 g/mol. The number of rotatable bonds is 2. The second-order valence-corrected chi connectivity index (χ2v) is 5.29. The van der Waals surface area contributed by atoms with Gasteiger partial charge >= 0.3 is 12.1 Å². The summed E-state index contributed by atoms with van der Waals surface area (Å²) < 4.78 is 47.0. The molecule has 2 atom stereocenters. The third kappa shape index (κ3) is 2.76. The van der Waals surface area contributed by atoms with Gasteiger partial charge in [0.05, 0.1) is 19.3 Å². The Kier molecular flexibility index (Phi) is 3.53. The van der Waals surface area contributed by atoms with Gasteiger partial charge in [-0.05, 0) is 0 Å². The largest absolute Gasteiger partial charge is 0.464 e. The maximum Gasteiger partial charge on any atom is 0.410 e. The molecule has 2 aromatic heterocycles. The summed E-state index contributed by atoms with van der Waals surface area (Å²) in [6.45, 7) is 0. The molecule has 0 saturated carbocycles. The molecule has 1 aliphatic rings.